The summed E-state index contributed by atoms with van der Waals surface area (Å²) in [6.45, 7) is 3.91. The fourth-order valence-corrected chi connectivity index (χ4v) is 1.89. The molecule has 0 spiro atoms. The summed E-state index contributed by atoms with van der Waals surface area (Å²) in [5.74, 6) is -0.473. The number of esters is 1. The quantitative estimate of drug-likeness (QED) is 0.763. The number of methoxy groups -OCH3 is 1. The number of ether oxygens (including phenoxy) is 1. The molecule has 0 fully saturated rings. The van der Waals surface area contributed by atoms with Crippen molar-refractivity contribution < 1.29 is 9.53 Å². The lowest BCUT2D eigenvalue weighted by atomic mass is 10.0. The number of aromatic nitrogens is 1. The van der Waals surface area contributed by atoms with Crippen molar-refractivity contribution >= 4 is 22.6 Å². The van der Waals surface area contributed by atoms with Gasteiger partial charge in [-0.15, -0.1) is 0 Å². The molecule has 1 aromatic carbocycles. The minimum Gasteiger partial charge on any atom is -0.464 e. The van der Waals surface area contributed by atoms with E-state index < -0.39 is 5.97 Å². The van der Waals surface area contributed by atoms with Crippen LogP contribution in [0.5, 0.6) is 0 Å². The number of rotatable bonds is 1. The molecule has 4 heteroatoms. The molecule has 17 heavy (non-hydrogen) atoms. The molecule has 1 aromatic heterocycles. The minimum atomic E-state index is -0.473. The van der Waals surface area contributed by atoms with E-state index in [4.69, 9.17) is 5.73 Å². The molecule has 1 heterocycles. The maximum Gasteiger partial charge on any atom is 0.356 e. The first-order chi connectivity index (χ1) is 8.04. The Balaban J connectivity index is 2.82. The monoisotopic (exact) mass is 230 g/mol. The molecular weight excluding hydrogens is 216 g/mol. The SMILES string of the molecule is COC(=O)c1cc(N)c2c(C)ccc(C)c2n1. The first-order valence-corrected chi connectivity index (χ1v) is 5.29. The van der Waals surface area contributed by atoms with Crippen molar-refractivity contribution in [1.82, 2.24) is 4.98 Å². The Morgan fingerprint density at radius 3 is 2.59 bits per heavy atom. The smallest absolute Gasteiger partial charge is 0.356 e. The lowest BCUT2D eigenvalue weighted by Gasteiger charge is -2.09. The van der Waals surface area contributed by atoms with E-state index in [2.05, 4.69) is 9.72 Å². The number of anilines is 1. The molecule has 88 valence electrons. The zero-order chi connectivity index (χ0) is 12.6. The molecule has 0 aliphatic carbocycles. The number of nitrogens with two attached hydrogens (primary N) is 1. The third-order valence-electron chi connectivity index (χ3n) is 2.80. The molecule has 0 aliphatic rings. The van der Waals surface area contributed by atoms with Gasteiger partial charge in [0.25, 0.3) is 0 Å². The van der Waals surface area contributed by atoms with E-state index in [0.717, 1.165) is 22.0 Å². The maximum atomic E-state index is 11.5. The van der Waals surface area contributed by atoms with Crippen LogP contribution in [0.4, 0.5) is 5.69 Å². The molecule has 2 aromatic rings. The number of benzene rings is 1. The molecule has 2 N–H and O–H groups in total. The topological polar surface area (TPSA) is 65.2 Å². The van der Waals surface area contributed by atoms with Gasteiger partial charge in [-0.25, -0.2) is 9.78 Å². The molecule has 0 aliphatic heterocycles. The number of aryl methyl sites for hydroxylation is 2. The Bertz CT molecular complexity index is 606. The van der Waals surface area contributed by atoms with E-state index >= 15 is 0 Å². The molecule has 0 amide bonds. The molecule has 0 unspecified atom stereocenters. The highest BCUT2D eigenvalue weighted by Crippen LogP contribution is 2.26. The first-order valence-electron chi connectivity index (χ1n) is 5.29. The Kier molecular flexibility index (Phi) is 2.71. The number of hydrogen-bond donors (Lipinski definition) is 1. The first kappa shape index (κ1) is 11.4. The van der Waals surface area contributed by atoms with Crippen LogP contribution in [0.3, 0.4) is 0 Å². The van der Waals surface area contributed by atoms with E-state index in [0.29, 0.717) is 5.69 Å². The van der Waals surface area contributed by atoms with Crippen LogP contribution in [-0.4, -0.2) is 18.1 Å². The second-order valence-electron chi connectivity index (χ2n) is 4.01. The third-order valence-corrected chi connectivity index (χ3v) is 2.80. The van der Waals surface area contributed by atoms with Crippen LogP contribution >= 0.6 is 0 Å². The van der Waals surface area contributed by atoms with Gasteiger partial charge in [-0.3, -0.25) is 0 Å². The van der Waals surface area contributed by atoms with E-state index in [9.17, 15) is 4.79 Å². The average molecular weight is 230 g/mol. The largest absolute Gasteiger partial charge is 0.464 e. The van der Waals surface area contributed by atoms with Gasteiger partial charge < -0.3 is 10.5 Å². The van der Waals surface area contributed by atoms with Crippen molar-refractivity contribution in [3.63, 3.8) is 0 Å². The second-order valence-corrected chi connectivity index (χ2v) is 4.01. The summed E-state index contributed by atoms with van der Waals surface area (Å²) in [4.78, 5) is 15.8. The predicted molar refractivity (Wildman–Crippen MR) is 67.0 cm³/mol. The Morgan fingerprint density at radius 1 is 1.29 bits per heavy atom. The third kappa shape index (κ3) is 1.82. The zero-order valence-electron chi connectivity index (χ0n) is 10.1. The Morgan fingerprint density at radius 2 is 1.94 bits per heavy atom. The molecular formula is C13H14N2O2. The second kappa shape index (κ2) is 4.05. The number of carbonyl (C=O) groups is 1. The van der Waals surface area contributed by atoms with Crippen LogP contribution in [0.2, 0.25) is 0 Å². The summed E-state index contributed by atoms with van der Waals surface area (Å²) in [6.07, 6.45) is 0. The minimum absolute atomic E-state index is 0.242. The van der Waals surface area contributed by atoms with Gasteiger partial charge in [0, 0.05) is 11.1 Å². The van der Waals surface area contributed by atoms with Crippen molar-refractivity contribution in [3.05, 3.63) is 35.0 Å². The van der Waals surface area contributed by atoms with Crippen molar-refractivity contribution in [2.45, 2.75) is 13.8 Å². The van der Waals surface area contributed by atoms with E-state index in [1.54, 1.807) is 6.07 Å². The van der Waals surface area contributed by atoms with Crippen LogP contribution in [0, 0.1) is 13.8 Å². The highest BCUT2D eigenvalue weighted by atomic mass is 16.5. The zero-order valence-corrected chi connectivity index (χ0v) is 10.1. The van der Waals surface area contributed by atoms with Gasteiger partial charge in [0.05, 0.1) is 12.6 Å². The molecule has 0 atom stereocenters. The summed E-state index contributed by atoms with van der Waals surface area (Å²) in [7, 11) is 1.33. The fraction of sp³-hybridized carbons (Fsp3) is 0.231. The van der Waals surface area contributed by atoms with Crippen molar-refractivity contribution in [3.8, 4) is 0 Å². The van der Waals surface area contributed by atoms with Gasteiger partial charge in [0.15, 0.2) is 5.69 Å². The highest BCUT2D eigenvalue weighted by Gasteiger charge is 2.13. The number of nitrogens with zero attached hydrogens (tertiary/aromatic N) is 1. The number of nitrogen functional groups attached to an aromatic ring is 1. The summed E-state index contributed by atoms with van der Waals surface area (Å²) in [5, 5.41) is 0.901. The number of hydrogen-bond acceptors (Lipinski definition) is 4. The fourth-order valence-electron chi connectivity index (χ4n) is 1.89. The standard InChI is InChI=1S/C13H14N2O2/c1-7-4-5-8(2)12-11(7)9(14)6-10(15-12)13(16)17-3/h4-6H,1-3H3,(H2,14,15). The lowest BCUT2D eigenvalue weighted by molar-refractivity contribution is 0.0594. The van der Waals surface area contributed by atoms with Crippen molar-refractivity contribution in [2.24, 2.45) is 0 Å². The molecule has 0 radical (unpaired) electrons. The van der Waals surface area contributed by atoms with Gasteiger partial charge in [-0.2, -0.15) is 0 Å². The van der Waals surface area contributed by atoms with E-state index in [1.807, 2.05) is 26.0 Å². The van der Waals surface area contributed by atoms with Crippen molar-refractivity contribution in [2.75, 3.05) is 12.8 Å². The predicted octanol–water partition coefficient (Wildman–Crippen LogP) is 2.22. The number of pyridine rings is 1. The van der Waals surface area contributed by atoms with Gasteiger partial charge in [0.2, 0.25) is 0 Å². The average Bonchev–Trinajstić information content (AvgIpc) is 2.32. The summed E-state index contributed by atoms with van der Waals surface area (Å²) < 4.78 is 4.65. The molecule has 4 nitrogen and oxygen atoms in total. The maximum absolute atomic E-state index is 11.5. The van der Waals surface area contributed by atoms with Gasteiger partial charge >= 0.3 is 5.97 Å². The van der Waals surface area contributed by atoms with E-state index in [1.165, 1.54) is 7.11 Å². The molecule has 2 rings (SSSR count). The lowest BCUT2D eigenvalue weighted by Crippen LogP contribution is -2.06. The molecule has 0 saturated heterocycles. The Hall–Kier alpha value is -2.10. The molecule has 0 bridgehead atoms. The summed E-state index contributed by atoms with van der Waals surface area (Å²) >= 11 is 0. The van der Waals surface area contributed by atoms with Crippen LogP contribution in [0.1, 0.15) is 21.6 Å². The molecule has 0 saturated carbocycles. The normalized spacial score (nSPS) is 10.5. The van der Waals surface area contributed by atoms with Crippen molar-refractivity contribution in [1.29, 1.82) is 0 Å². The van der Waals surface area contributed by atoms with Crippen LogP contribution in [0.25, 0.3) is 10.9 Å². The van der Waals surface area contributed by atoms with Gasteiger partial charge in [-0.05, 0) is 31.0 Å². The number of carbonyl (C=O) groups excluding carboxylic acids is 1. The van der Waals surface area contributed by atoms with Crippen LogP contribution in [0.15, 0.2) is 18.2 Å². The summed E-state index contributed by atoms with van der Waals surface area (Å²) in [5.41, 5.74) is 9.56. The van der Waals surface area contributed by atoms with Gasteiger partial charge in [-0.1, -0.05) is 12.1 Å². The Labute approximate surface area is 99.4 Å². The van der Waals surface area contributed by atoms with Crippen LogP contribution < -0.4 is 5.73 Å². The number of fused-ring (bicyclic) bond motifs is 1. The van der Waals surface area contributed by atoms with Gasteiger partial charge in [0.1, 0.15) is 0 Å². The van der Waals surface area contributed by atoms with E-state index in [-0.39, 0.29) is 5.69 Å². The highest BCUT2D eigenvalue weighted by molar-refractivity contribution is 5.99. The van der Waals surface area contributed by atoms with Crippen LogP contribution in [-0.2, 0) is 4.74 Å². The summed E-state index contributed by atoms with van der Waals surface area (Å²) in [6, 6.07) is 5.51.